The molecule has 1 atom stereocenters. The van der Waals surface area contributed by atoms with Gasteiger partial charge in [-0.25, -0.2) is 0 Å². The van der Waals surface area contributed by atoms with Crippen LogP contribution in [-0.4, -0.2) is 9.78 Å². The lowest BCUT2D eigenvalue weighted by atomic mass is 10.1. The monoisotopic (exact) mass is 247 g/mol. The summed E-state index contributed by atoms with van der Waals surface area (Å²) in [5.74, 6) is 0.901. The van der Waals surface area contributed by atoms with E-state index in [0.29, 0.717) is 0 Å². The Morgan fingerprint density at radius 2 is 2.00 bits per heavy atom. The lowest BCUT2D eigenvalue weighted by Crippen LogP contribution is -2.04. The molecule has 0 saturated carbocycles. The third-order valence-corrected chi connectivity index (χ3v) is 3.61. The molecule has 3 nitrogen and oxygen atoms in total. The first kappa shape index (κ1) is 12.2. The quantitative estimate of drug-likeness (QED) is 0.845. The zero-order chi connectivity index (χ0) is 12.3. The van der Waals surface area contributed by atoms with Gasteiger partial charge >= 0.3 is 0 Å². The van der Waals surface area contributed by atoms with Crippen molar-refractivity contribution in [3.63, 3.8) is 0 Å². The standard InChI is InChI=1S/C13H17N3S/c1-10(14)11-3-5-13(6-4-11)17-9-12-7-8-16(2)15-12/h3-8,10H,9,14H2,1-2H3. The third-order valence-electron chi connectivity index (χ3n) is 2.56. The van der Waals surface area contributed by atoms with E-state index >= 15 is 0 Å². The van der Waals surface area contributed by atoms with Gasteiger partial charge in [-0.3, -0.25) is 4.68 Å². The largest absolute Gasteiger partial charge is 0.324 e. The fraction of sp³-hybridized carbons (Fsp3) is 0.308. The first-order valence-corrected chi connectivity index (χ1v) is 6.60. The summed E-state index contributed by atoms with van der Waals surface area (Å²) in [4.78, 5) is 1.25. The number of nitrogens with zero attached hydrogens (tertiary/aromatic N) is 2. The van der Waals surface area contributed by atoms with E-state index in [1.54, 1.807) is 11.8 Å². The molecule has 0 amide bonds. The lowest BCUT2D eigenvalue weighted by molar-refractivity contribution is 0.755. The van der Waals surface area contributed by atoms with Gasteiger partial charge in [0, 0.05) is 29.9 Å². The molecular weight excluding hydrogens is 230 g/mol. The van der Waals surface area contributed by atoms with Crippen LogP contribution in [0.15, 0.2) is 41.4 Å². The molecule has 0 radical (unpaired) electrons. The van der Waals surface area contributed by atoms with Crippen LogP contribution in [-0.2, 0) is 12.8 Å². The number of hydrogen-bond acceptors (Lipinski definition) is 3. The molecule has 0 fully saturated rings. The van der Waals surface area contributed by atoms with E-state index in [4.69, 9.17) is 5.73 Å². The topological polar surface area (TPSA) is 43.8 Å². The number of thioether (sulfide) groups is 1. The Morgan fingerprint density at radius 1 is 1.29 bits per heavy atom. The van der Waals surface area contributed by atoms with Crippen molar-refractivity contribution in [2.24, 2.45) is 12.8 Å². The predicted molar refractivity (Wildman–Crippen MR) is 71.8 cm³/mol. The Kier molecular flexibility index (Phi) is 3.86. The van der Waals surface area contributed by atoms with Crippen molar-refractivity contribution in [1.82, 2.24) is 9.78 Å². The number of nitrogens with two attached hydrogens (primary N) is 1. The zero-order valence-electron chi connectivity index (χ0n) is 10.1. The number of benzene rings is 1. The van der Waals surface area contributed by atoms with E-state index in [-0.39, 0.29) is 6.04 Å². The molecule has 0 saturated heterocycles. The second-order valence-corrected chi connectivity index (χ2v) is 5.18. The van der Waals surface area contributed by atoms with Gasteiger partial charge < -0.3 is 5.73 Å². The molecule has 0 bridgehead atoms. The highest BCUT2D eigenvalue weighted by Gasteiger charge is 2.01. The zero-order valence-corrected chi connectivity index (χ0v) is 10.9. The minimum absolute atomic E-state index is 0.102. The summed E-state index contributed by atoms with van der Waals surface area (Å²) in [7, 11) is 1.94. The average Bonchev–Trinajstić information content (AvgIpc) is 2.73. The number of aromatic nitrogens is 2. The smallest absolute Gasteiger partial charge is 0.0727 e. The summed E-state index contributed by atoms with van der Waals surface area (Å²) in [6, 6.07) is 10.6. The van der Waals surface area contributed by atoms with Gasteiger partial charge in [-0.1, -0.05) is 12.1 Å². The number of aryl methyl sites for hydroxylation is 1. The molecule has 90 valence electrons. The molecular formula is C13H17N3S. The van der Waals surface area contributed by atoms with Crippen LogP contribution in [0.25, 0.3) is 0 Å². The molecule has 2 aromatic rings. The molecule has 0 aliphatic heterocycles. The highest BCUT2D eigenvalue weighted by molar-refractivity contribution is 7.98. The van der Waals surface area contributed by atoms with E-state index in [9.17, 15) is 0 Å². The summed E-state index contributed by atoms with van der Waals surface area (Å²) in [5.41, 5.74) is 8.09. The summed E-state index contributed by atoms with van der Waals surface area (Å²) in [5, 5.41) is 4.35. The molecule has 0 aliphatic rings. The molecule has 1 heterocycles. The maximum absolute atomic E-state index is 5.81. The van der Waals surface area contributed by atoms with Crippen LogP contribution in [0, 0.1) is 0 Å². The van der Waals surface area contributed by atoms with E-state index in [1.165, 1.54) is 10.5 Å². The van der Waals surface area contributed by atoms with Gasteiger partial charge in [-0.2, -0.15) is 5.10 Å². The molecule has 0 spiro atoms. The van der Waals surface area contributed by atoms with Gasteiger partial charge in [0.2, 0.25) is 0 Å². The highest BCUT2D eigenvalue weighted by Crippen LogP contribution is 2.23. The van der Waals surface area contributed by atoms with Crippen molar-refractivity contribution in [1.29, 1.82) is 0 Å². The van der Waals surface area contributed by atoms with Crippen LogP contribution in [0.3, 0.4) is 0 Å². The van der Waals surface area contributed by atoms with Crippen molar-refractivity contribution in [2.45, 2.75) is 23.6 Å². The van der Waals surface area contributed by atoms with Crippen LogP contribution in [0.1, 0.15) is 24.2 Å². The molecule has 1 aromatic heterocycles. The Bertz CT molecular complexity index is 474. The van der Waals surface area contributed by atoms with E-state index in [2.05, 4.69) is 29.4 Å². The second-order valence-electron chi connectivity index (χ2n) is 4.13. The normalized spacial score (nSPS) is 12.6. The van der Waals surface area contributed by atoms with Gasteiger partial charge in [-0.05, 0) is 30.7 Å². The Hall–Kier alpha value is -1.26. The van der Waals surface area contributed by atoms with Crippen LogP contribution in [0.2, 0.25) is 0 Å². The Balaban J connectivity index is 1.95. The molecule has 0 aliphatic carbocycles. The SMILES string of the molecule is CC(N)c1ccc(SCc2ccn(C)n2)cc1. The van der Waals surface area contributed by atoms with Crippen molar-refractivity contribution in [3.05, 3.63) is 47.8 Å². The van der Waals surface area contributed by atoms with Gasteiger partial charge in [0.15, 0.2) is 0 Å². The van der Waals surface area contributed by atoms with Crippen molar-refractivity contribution >= 4 is 11.8 Å². The molecule has 17 heavy (non-hydrogen) atoms. The Morgan fingerprint density at radius 3 is 2.53 bits per heavy atom. The molecule has 4 heteroatoms. The molecule has 2 N–H and O–H groups in total. The van der Waals surface area contributed by atoms with Gasteiger partial charge in [-0.15, -0.1) is 11.8 Å². The summed E-state index contributed by atoms with van der Waals surface area (Å²) in [6.45, 7) is 2.00. The molecule has 2 rings (SSSR count). The maximum Gasteiger partial charge on any atom is 0.0727 e. The predicted octanol–water partition coefficient (Wildman–Crippen LogP) is 2.73. The highest BCUT2D eigenvalue weighted by atomic mass is 32.2. The fourth-order valence-corrected chi connectivity index (χ4v) is 2.36. The Labute approximate surface area is 106 Å². The first-order chi connectivity index (χ1) is 8.15. The van der Waals surface area contributed by atoms with E-state index in [0.717, 1.165) is 11.4 Å². The molecule has 1 unspecified atom stereocenters. The van der Waals surface area contributed by atoms with Crippen LogP contribution < -0.4 is 5.73 Å². The molecule has 1 aromatic carbocycles. The van der Waals surface area contributed by atoms with Crippen molar-refractivity contribution < 1.29 is 0 Å². The van der Waals surface area contributed by atoms with Crippen LogP contribution >= 0.6 is 11.8 Å². The summed E-state index contributed by atoms with van der Waals surface area (Å²) >= 11 is 1.79. The summed E-state index contributed by atoms with van der Waals surface area (Å²) in [6.07, 6.45) is 1.97. The van der Waals surface area contributed by atoms with Crippen LogP contribution in [0.5, 0.6) is 0 Å². The van der Waals surface area contributed by atoms with E-state index < -0.39 is 0 Å². The third kappa shape index (κ3) is 3.35. The maximum atomic E-state index is 5.81. The average molecular weight is 247 g/mol. The van der Waals surface area contributed by atoms with Gasteiger partial charge in [0.05, 0.1) is 5.69 Å². The van der Waals surface area contributed by atoms with E-state index in [1.807, 2.05) is 30.9 Å². The summed E-state index contributed by atoms with van der Waals surface area (Å²) < 4.78 is 1.83. The number of rotatable bonds is 4. The van der Waals surface area contributed by atoms with Crippen molar-refractivity contribution in [3.8, 4) is 0 Å². The second kappa shape index (κ2) is 5.38. The van der Waals surface area contributed by atoms with Gasteiger partial charge in [0.1, 0.15) is 0 Å². The van der Waals surface area contributed by atoms with Gasteiger partial charge in [0.25, 0.3) is 0 Å². The van der Waals surface area contributed by atoms with Crippen molar-refractivity contribution in [2.75, 3.05) is 0 Å². The fourth-order valence-electron chi connectivity index (χ4n) is 1.57. The minimum atomic E-state index is 0.102. The lowest BCUT2D eigenvalue weighted by Gasteiger charge is -2.06. The first-order valence-electron chi connectivity index (χ1n) is 5.62. The number of hydrogen-bond donors (Lipinski definition) is 1. The minimum Gasteiger partial charge on any atom is -0.324 e. The van der Waals surface area contributed by atoms with Crippen LogP contribution in [0.4, 0.5) is 0 Å².